The molecule has 1 aliphatic heterocycles. The molecule has 5 nitrogen and oxygen atoms in total. The number of pyridine rings is 1. The van der Waals surface area contributed by atoms with Crippen LogP contribution in [0, 0.1) is 0 Å². The van der Waals surface area contributed by atoms with Gasteiger partial charge in [0.2, 0.25) is 0 Å². The van der Waals surface area contributed by atoms with Gasteiger partial charge in [-0.2, -0.15) is 0 Å². The van der Waals surface area contributed by atoms with E-state index >= 15 is 0 Å². The summed E-state index contributed by atoms with van der Waals surface area (Å²) in [6.07, 6.45) is 1.81. The molecular formula is C13H22N4O. The predicted molar refractivity (Wildman–Crippen MR) is 72.6 cm³/mol. The van der Waals surface area contributed by atoms with Crippen molar-refractivity contribution in [3.05, 3.63) is 23.9 Å². The lowest BCUT2D eigenvalue weighted by Crippen LogP contribution is -2.46. The summed E-state index contributed by atoms with van der Waals surface area (Å²) in [7, 11) is 1.91. The molecule has 18 heavy (non-hydrogen) atoms. The number of β-amino-alcohol motifs (C(OH)–C–C–N with tert-alkyl or cyclic N) is 1. The van der Waals surface area contributed by atoms with E-state index in [1.165, 1.54) is 5.56 Å². The molecular weight excluding hydrogens is 228 g/mol. The second kappa shape index (κ2) is 6.68. The summed E-state index contributed by atoms with van der Waals surface area (Å²) >= 11 is 0. The normalized spacial score (nSPS) is 17.9. The third-order valence-corrected chi connectivity index (χ3v) is 3.40. The number of nitrogens with zero attached hydrogens (tertiary/aromatic N) is 3. The molecule has 0 aromatic carbocycles. The second-order valence-electron chi connectivity index (χ2n) is 4.60. The van der Waals surface area contributed by atoms with Crippen LogP contribution in [0.2, 0.25) is 0 Å². The van der Waals surface area contributed by atoms with Gasteiger partial charge < -0.3 is 10.4 Å². The summed E-state index contributed by atoms with van der Waals surface area (Å²) in [5.74, 6) is 0.968. The zero-order valence-electron chi connectivity index (χ0n) is 11.0. The fourth-order valence-electron chi connectivity index (χ4n) is 2.34. The Morgan fingerprint density at radius 1 is 1.28 bits per heavy atom. The first-order valence-corrected chi connectivity index (χ1v) is 6.50. The van der Waals surface area contributed by atoms with E-state index in [-0.39, 0.29) is 6.61 Å². The highest BCUT2D eigenvalue weighted by atomic mass is 16.3. The molecule has 0 bridgehead atoms. The Balaban J connectivity index is 1.87. The van der Waals surface area contributed by atoms with Crippen LogP contribution in [0.5, 0.6) is 0 Å². The van der Waals surface area contributed by atoms with E-state index in [1.54, 1.807) is 0 Å². The van der Waals surface area contributed by atoms with Crippen LogP contribution in [0.3, 0.4) is 0 Å². The number of hydrogen-bond donors (Lipinski definition) is 2. The first kappa shape index (κ1) is 13.3. The molecule has 0 radical (unpaired) electrons. The molecule has 0 aliphatic carbocycles. The third kappa shape index (κ3) is 3.41. The van der Waals surface area contributed by atoms with Gasteiger partial charge in [0.05, 0.1) is 6.61 Å². The maximum Gasteiger partial charge on any atom is 0.130 e. The van der Waals surface area contributed by atoms with Crippen LogP contribution in [0.1, 0.15) is 5.56 Å². The van der Waals surface area contributed by atoms with Crippen LogP contribution in [-0.2, 0) is 6.54 Å². The SMILES string of the molecule is CNc1ncccc1CN1CCN(CCO)CC1. The minimum Gasteiger partial charge on any atom is -0.395 e. The minimum absolute atomic E-state index is 0.256. The van der Waals surface area contributed by atoms with E-state index in [2.05, 4.69) is 26.2 Å². The average molecular weight is 250 g/mol. The van der Waals surface area contributed by atoms with E-state index in [0.717, 1.165) is 45.1 Å². The number of anilines is 1. The number of nitrogens with one attached hydrogen (secondary N) is 1. The lowest BCUT2D eigenvalue weighted by atomic mass is 10.2. The highest BCUT2D eigenvalue weighted by Crippen LogP contribution is 2.14. The van der Waals surface area contributed by atoms with Crippen molar-refractivity contribution in [3.63, 3.8) is 0 Å². The number of hydrogen-bond acceptors (Lipinski definition) is 5. The third-order valence-electron chi connectivity index (χ3n) is 3.40. The molecule has 0 saturated carbocycles. The van der Waals surface area contributed by atoms with Crippen LogP contribution in [-0.4, -0.2) is 66.3 Å². The molecule has 1 fully saturated rings. The van der Waals surface area contributed by atoms with Crippen molar-refractivity contribution in [1.29, 1.82) is 0 Å². The van der Waals surface area contributed by atoms with E-state index in [9.17, 15) is 0 Å². The molecule has 2 N–H and O–H groups in total. The molecule has 1 aromatic rings. The fraction of sp³-hybridized carbons (Fsp3) is 0.615. The molecule has 0 amide bonds. The van der Waals surface area contributed by atoms with Crippen LogP contribution in [0.4, 0.5) is 5.82 Å². The molecule has 0 atom stereocenters. The van der Waals surface area contributed by atoms with Crippen molar-refractivity contribution in [1.82, 2.24) is 14.8 Å². The van der Waals surface area contributed by atoms with Crippen molar-refractivity contribution in [2.45, 2.75) is 6.54 Å². The van der Waals surface area contributed by atoms with Crippen molar-refractivity contribution in [3.8, 4) is 0 Å². The summed E-state index contributed by atoms with van der Waals surface area (Å²) in [4.78, 5) is 9.07. The minimum atomic E-state index is 0.256. The fourth-order valence-corrected chi connectivity index (χ4v) is 2.34. The maximum absolute atomic E-state index is 8.92. The molecule has 2 heterocycles. The van der Waals surface area contributed by atoms with Gasteiger partial charge in [0, 0.05) is 58.1 Å². The smallest absolute Gasteiger partial charge is 0.130 e. The van der Waals surface area contributed by atoms with Gasteiger partial charge in [-0.1, -0.05) is 6.07 Å². The van der Waals surface area contributed by atoms with Gasteiger partial charge in [-0.25, -0.2) is 4.98 Å². The molecule has 0 spiro atoms. The standard InChI is InChI=1S/C13H22N4O/c1-14-13-12(3-2-4-15-13)11-17-7-5-16(6-8-17)9-10-18/h2-4,18H,5-11H2,1H3,(H,14,15). The van der Waals surface area contributed by atoms with E-state index < -0.39 is 0 Å². The van der Waals surface area contributed by atoms with Gasteiger partial charge in [-0.15, -0.1) is 0 Å². The Kier molecular flexibility index (Phi) is 4.92. The van der Waals surface area contributed by atoms with Crippen molar-refractivity contribution in [2.24, 2.45) is 0 Å². The Hall–Kier alpha value is -1.17. The summed E-state index contributed by atoms with van der Waals surface area (Å²) in [6.45, 7) is 6.17. The van der Waals surface area contributed by atoms with E-state index in [4.69, 9.17) is 5.11 Å². The van der Waals surface area contributed by atoms with Gasteiger partial charge in [-0.05, 0) is 6.07 Å². The predicted octanol–water partition coefficient (Wildman–Crippen LogP) is 0.233. The van der Waals surface area contributed by atoms with Gasteiger partial charge in [0.25, 0.3) is 0 Å². The van der Waals surface area contributed by atoms with Gasteiger partial charge in [0.15, 0.2) is 0 Å². The van der Waals surface area contributed by atoms with Crippen molar-refractivity contribution in [2.75, 3.05) is 51.7 Å². The van der Waals surface area contributed by atoms with Gasteiger partial charge >= 0.3 is 0 Å². The lowest BCUT2D eigenvalue weighted by molar-refractivity contribution is 0.108. The molecule has 100 valence electrons. The lowest BCUT2D eigenvalue weighted by Gasteiger charge is -2.34. The second-order valence-corrected chi connectivity index (χ2v) is 4.60. The highest BCUT2D eigenvalue weighted by Gasteiger charge is 2.17. The average Bonchev–Trinajstić information content (AvgIpc) is 2.42. The zero-order valence-corrected chi connectivity index (χ0v) is 11.0. The number of aliphatic hydroxyl groups excluding tert-OH is 1. The first-order valence-electron chi connectivity index (χ1n) is 6.50. The van der Waals surface area contributed by atoms with Crippen molar-refractivity contribution >= 4 is 5.82 Å². The Bertz CT molecular complexity index is 364. The van der Waals surface area contributed by atoms with Gasteiger partial charge in [-0.3, -0.25) is 9.80 Å². The largest absolute Gasteiger partial charge is 0.395 e. The highest BCUT2D eigenvalue weighted by molar-refractivity contribution is 5.42. The molecule has 5 heteroatoms. The maximum atomic E-state index is 8.92. The number of rotatable bonds is 5. The van der Waals surface area contributed by atoms with Crippen LogP contribution in [0.25, 0.3) is 0 Å². The monoisotopic (exact) mass is 250 g/mol. The number of aliphatic hydroxyl groups is 1. The molecule has 2 rings (SSSR count). The molecule has 1 aliphatic rings. The number of piperazine rings is 1. The van der Waals surface area contributed by atoms with Crippen LogP contribution < -0.4 is 5.32 Å². The first-order chi connectivity index (χ1) is 8.83. The summed E-state index contributed by atoms with van der Waals surface area (Å²) in [6, 6.07) is 4.11. The Labute approximate surface area is 108 Å². The zero-order chi connectivity index (χ0) is 12.8. The van der Waals surface area contributed by atoms with E-state index in [1.807, 2.05) is 19.3 Å². The van der Waals surface area contributed by atoms with Crippen molar-refractivity contribution < 1.29 is 5.11 Å². The molecule has 1 saturated heterocycles. The summed E-state index contributed by atoms with van der Waals surface area (Å²) in [5, 5.41) is 12.0. The quantitative estimate of drug-likeness (QED) is 0.784. The topological polar surface area (TPSA) is 51.6 Å². The Morgan fingerprint density at radius 2 is 2.00 bits per heavy atom. The van der Waals surface area contributed by atoms with Crippen LogP contribution >= 0.6 is 0 Å². The molecule has 0 unspecified atom stereocenters. The van der Waals surface area contributed by atoms with E-state index in [0.29, 0.717) is 0 Å². The number of aromatic nitrogens is 1. The summed E-state index contributed by atoms with van der Waals surface area (Å²) in [5.41, 5.74) is 1.25. The van der Waals surface area contributed by atoms with Crippen LogP contribution in [0.15, 0.2) is 18.3 Å². The van der Waals surface area contributed by atoms with Gasteiger partial charge in [0.1, 0.15) is 5.82 Å². The Morgan fingerprint density at radius 3 is 2.67 bits per heavy atom. The molecule has 1 aromatic heterocycles. The summed E-state index contributed by atoms with van der Waals surface area (Å²) < 4.78 is 0.